The van der Waals surface area contributed by atoms with Crippen LogP contribution >= 0.6 is 0 Å². The molecule has 0 spiro atoms. The van der Waals surface area contributed by atoms with E-state index < -0.39 is 0 Å². The first-order valence-corrected chi connectivity index (χ1v) is 7.82. The molecule has 5 heteroatoms. The van der Waals surface area contributed by atoms with Gasteiger partial charge in [0.1, 0.15) is 0 Å². The van der Waals surface area contributed by atoms with Crippen LogP contribution in [0.15, 0.2) is 54.0 Å². The maximum atomic E-state index is 4.24. The summed E-state index contributed by atoms with van der Waals surface area (Å²) >= 11 is 0. The van der Waals surface area contributed by atoms with E-state index in [0.717, 1.165) is 44.9 Å². The monoisotopic (exact) mass is 299 g/mol. The molecule has 0 saturated carbocycles. The van der Waals surface area contributed by atoms with Crippen molar-refractivity contribution in [3.05, 3.63) is 54.6 Å². The summed E-state index contributed by atoms with van der Waals surface area (Å²) in [6.45, 7) is 2.80. The third kappa shape index (κ3) is 5.99. The fraction of sp³-hybridized carbons (Fsp3) is 0.412. The van der Waals surface area contributed by atoms with Crippen LogP contribution < -0.4 is 10.6 Å². The summed E-state index contributed by atoms with van der Waals surface area (Å²) in [4.78, 5) is 8.28. The smallest absolute Gasteiger partial charge is 0.190 e. The Morgan fingerprint density at radius 1 is 1.14 bits per heavy atom. The second-order valence-corrected chi connectivity index (χ2v) is 5.17. The van der Waals surface area contributed by atoms with Crippen molar-refractivity contribution in [3.63, 3.8) is 0 Å². The van der Waals surface area contributed by atoms with Crippen LogP contribution in [0.5, 0.6) is 0 Å². The first-order valence-electron chi connectivity index (χ1n) is 7.82. The molecule has 0 aliphatic carbocycles. The summed E-state index contributed by atoms with van der Waals surface area (Å²) in [7, 11) is 1.81. The minimum Gasteiger partial charge on any atom is -0.356 e. The highest BCUT2D eigenvalue weighted by Gasteiger charge is 1.97. The summed E-state index contributed by atoms with van der Waals surface area (Å²) in [5.74, 6) is 0.874. The summed E-state index contributed by atoms with van der Waals surface area (Å²) in [5.41, 5.74) is 1.38. The van der Waals surface area contributed by atoms with Crippen LogP contribution in [0.25, 0.3) is 0 Å². The van der Waals surface area contributed by atoms with Crippen molar-refractivity contribution >= 4 is 5.96 Å². The zero-order valence-corrected chi connectivity index (χ0v) is 13.2. The van der Waals surface area contributed by atoms with Crippen LogP contribution in [0.4, 0.5) is 0 Å². The van der Waals surface area contributed by atoms with Crippen LogP contribution in [0.3, 0.4) is 0 Å². The van der Waals surface area contributed by atoms with Gasteiger partial charge in [-0.2, -0.15) is 0 Å². The van der Waals surface area contributed by atoms with Crippen LogP contribution in [0.2, 0.25) is 0 Å². The van der Waals surface area contributed by atoms with E-state index in [9.17, 15) is 0 Å². The van der Waals surface area contributed by atoms with E-state index in [1.165, 1.54) is 5.56 Å². The van der Waals surface area contributed by atoms with Gasteiger partial charge < -0.3 is 15.2 Å². The fourth-order valence-corrected chi connectivity index (χ4v) is 2.25. The van der Waals surface area contributed by atoms with Crippen molar-refractivity contribution in [2.45, 2.75) is 25.8 Å². The standard InChI is InChI=1S/C17H25N5/c1-18-17(21-11-6-13-22-14-12-19-15-22)20-10-5-9-16-7-3-2-4-8-16/h2-4,7-8,12,14-15H,5-6,9-11,13H2,1H3,(H2,18,20,21). The molecule has 118 valence electrons. The Morgan fingerprint density at radius 2 is 1.91 bits per heavy atom. The molecule has 2 N–H and O–H groups in total. The lowest BCUT2D eigenvalue weighted by Gasteiger charge is -2.12. The second kappa shape index (κ2) is 9.60. The number of imidazole rings is 1. The molecule has 0 fully saturated rings. The van der Waals surface area contributed by atoms with Crippen LogP contribution in [-0.2, 0) is 13.0 Å². The topological polar surface area (TPSA) is 54.2 Å². The predicted molar refractivity (Wildman–Crippen MR) is 91.0 cm³/mol. The molecule has 0 amide bonds. The van der Waals surface area contributed by atoms with E-state index in [0.29, 0.717) is 0 Å². The van der Waals surface area contributed by atoms with E-state index in [1.54, 1.807) is 6.20 Å². The molecule has 1 heterocycles. The number of aromatic nitrogens is 2. The van der Waals surface area contributed by atoms with Gasteiger partial charge in [-0.25, -0.2) is 4.98 Å². The normalized spacial score (nSPS) is 11.4. The lowest BCUT2D eigenvalue weighted by molar-refractivity contribution is 0.623. The van der Waals surface area contributed by atoms with E-state index >= 15 is 0 Å². The van der Waals surface area contributed by atoms with Gasteiger partial charge in [0.15, 0.2) is 5.96 Å². The number of aliphatic imine (C=N–C) groups is 1. The number of nitrogens with one attached hydrogen (secondary N) is 2. The lowest BCUT2D eigenvalue weighted by atomic mass is 10.1. The van der Waals surface area contributed by atoms with E-state index in [4.69, 9.17) is 0 Å². The molecule has 0 bridgehead atoms. The number of rotatable bonds is 8. The van der Waals surface area contributed by atoms with Crippen molar-refractivity contribution in [1.82, 2.24) is 20.2 Å². The third-order valence-corrected chi connectivity index (χ3v) is 3.45. The second-order valence-electron chi connectivity index (χ2n) is 5.17. The number of aryl methyl sites for hydroxylation is 2. The summed E-state index contributed by atoms with van der Waals surface area (Å²) < 4.78 is 2.08. The quantitative estimate of drug-likeness (QED) is 0.446. The van der Waals surface area contributed by atoms with Gasteiger partial charge >= 0.3 is 0 Å². The molecule has 0 saturated heterocycles. The maximum absolute atomic E-state index is 4.24. The Bertz CT molecular complexity index is 533. The van der Waals surface area contributed by atoms with Crippen molar-refractivity contribution in [2.75, 3.05) is 20.1 Å². The molecule has 0 unspecified atom stereocenters. The third-order valence-electron chi connectivity index (χ3n) is 3.45. The van der Waals surface area contributed by atoms with E-state index in [2.05, 4.69) is 55.5 Å². The van der Waals surface area contributed by atoms with Gasteiger partial charge in [0.2, 0.25) is 0 Å². The Balaban J connectivity index is 1.55. The van der Waals surface area contributed by atoms with Crippen LogP contribution in [0, 0.1) is 0 Å². The fourth-order valence-electron chi connectivity index (χ4n) is 2.25. The number of hydrogen-bond donors (Lipinski definition) is 2. The van der Waals surface area contributed by atoms with E-state index in [-0.39, 0.29) is 0 Å². The molecule has 1 aromatic heterocycles. The number of nitrogens with zero attached hydrogens (tertiary/aromatic N) is 3. The van der Waals surface area contributed by atoms with Gasteiger partial charge in [-0.1, -0.05) is 30.3 Å². The van der Waals surface area contributed by atoms with E-state index in [1.807, 2.05) is 19.6 Å². The summed E-state index contributed by atoms with van der Waals surface area (Å²) in [6.07, 6.45) is 8.86. The van der Waals surface area contributed by atoms with Gasteiger partial charge in [-0.15, -0.1) is 0 Å². The van der Waals surface area contributed by atoms with Crippen molar-refractivity contribution in [2.24, 2.45) is 4.99 Å². The largest absolute Gasteiger partial charge is 0.356 e. The van der Waals surface area contributed by atoms with Gasteiger partial charge in [-0.3, -0.25) is 4.99 Å². The predicted octanol–water partition coefficient (Wildman–Crippen LogP) is 2.07. The van der Waals surface area contributed by atoms with Crippen LogP contribution in [0.1, 0.15) is 18.4 Å². The SMILES string of the molecule is CN=C(NCCCc1ccccc1)NCCCn1ccnc1. The molecular weight excluding hydrogens is 274 g/mol. The molecule has 0 aliphatic rings. The highest BCUT2D eigenvalue weighted by molar-refractivity contribution is 5.79. The summed E-state index contributed by atoms with van der Waals surface area (Å²) in [6, 6.07) is 10.6. The first-order chi connectivity index (χ1) is 10.9. The van der Waals surface area contributed by atoms with Gasteiger partial charge in [-0.05, 0) is 24.8 Å². The Labute approximate surface area is 132 Å². The minimum atomic E-state index is 0.874. The lowest BCUT2D eigenvalue weighted by Crippen LogP contribution is -2.38. The highest BCUT2D eigenvalue weighted by Crippen LogP contribution is 2.01. The molecule has 0 radical (unpaired) electrons. The van der Waals surface area contributed by atoms with Gasteiger partial charge in [0, 0.05) is 39.1 Å². The van der Waals surface area contributed by atoms with Crippen LogP contribution in [-0.4, -0.2) is 35.6 Å². The summed E-state index contributed by atoms with van der Waals surface area (Å²) in [5, 5.41) is 6.69. The molecule has 2 rings (SSSR count). The number of guanidine groups is 1. The zero-order chi connectivity index (χ0) is 15.5. The van der Waals surface area contributed by atoms with Crippen molar-refractivity contribution < 1.29 is 0 Å². The first kappa shape index (κ1) is 16.1. The Morgan fingerprint density at radius 3 is 2.59 bits per heavy atom. The van der Waals surface area contributed by atoms with Gasteiger partial charge in [0.05, 0.1) is 6.33 Å². The molecule has 0 atom stereocenters. The Kier molecular flexibility index (Phi) is 7.02. The van der Waals surface area contributed by atoms with Gasteiger partial charge in [0.25, 0.3) is 0 Å². The molecule has 0 aliphatic heterocycles. The number of benzene rings is 1. The highest BCUT2D eigenvalue weighted by atomic mass is 15.2. The molecule has 2 aromatic rings. The average molecular weight is 299 g/mol. The molecule has 1 aromatic carbocycles. The number of hydrogen-bond acceptors (Lipinski definition) is 2. The molecule has 22 heavy (non-hydrogen) atoms. The zero-order valence-electron chi connectivity index (χ0n) is 13.2. The average Bonchev–Trinajstić information content (AvgIpc) is 3.08. The molecular formula is C17H25N5. The molecule has 5 nitrogen and oxygen atoms in total. The Hall–Kier alpha value is -2.30. The minimum absolute atomic E-state index is 0.874. The van der Waals surface area contributed by atoms with Crippen molar-refractivity contribution in [3.8, 4) is 0 Å². The maximum Gasteiger partial charge on any atom is 0.190 e. The van der Waals surface area contributed by atoms with Crippen molar-refractivity contribution in [1.29, 1.82) is 0 Å².